The van der Waals surface area contributed by atoms with Crippen molar-refractivity contribution in [1.29, 1.82) is 5.26 Å². The molecule has 0 spiro atoms. The highest BCUT2D eigenvalue weighted by atomic mass is 15.1. The summed E-state index contributed by atoms with van der Waals surface area (Å²) in [7, 11) is 0. The molecule has 3 heteroatoms. The summed E-state index contributed by atoms with van der Waals surface area (Å²) in [6.07, 6.45) is 4.06. The minimum Gasteiger partial charge on any atom is -0.384 e. The molecule has 0 unspecified atom stereocenters. The van der Waals surface area contributed by atoms with E-state index >= 15 is 0 Å². The van der Waals surface area contributed by atoms with Gasteiger partial charge in [0.2, 0.25) is 0 Å². The van der Waals surface area contributed by atoms with Crippen LogP contribution >= 0.6 is 0 Å². The third-order valence-corrected chi connectivity index (χ3v) is 3.20. The van der Waals surface area contributed by atoms with Crippen LogP contribution in [-0.4, -0.2) is 31.1 Å². The highest BCUT2D eigenvalue weighted by Gasteiger charge is 2.08. The number of nitriles is 1. The molecule has 0 radical (unpaired) electrons. The lowest BCUT2D eigenvalue weighted by atomic mass is 10.1. The Morgan fingerprint density at radius 2 is 2.06 bits per heavy atom. The highest BCUT2D eigenvalue weighted by molar-refractivity contribution is 5.49. The maximum atomic E-state index is 8.81. The molecule has 1 aromatic carbocycles. The first-order valence-electron chi connectivity index (χ1n) is 6.35. The highest BCUT2D eigenvalue weighted by Crippen LogP contribution is 2.10. The Kier molecular flexibility index (Phi) is 4.40. The van der Waals surface area contributed by atoms with Gasteiger partial charge in [0.25, 0.3) is 0 Å². The number of benzene rings is 1. The van der Waals surface area contributed by atoms with E-state index in [1.54, 1.807) is 0 Å². The molecule has 1 aliphatic rings. The second kappa shape index (κ2) is 6.27. The number of hydrogen-bond donors (Lipinski definition) is 1. The average Bonchev–Trinajstić information content (AvgIpc) is 2.40. The Bertz CT molecular complexity index is 389. The van der Waals surface area contributed by atoms with E-state index in [-0.39, 0.29) is 0 Å². The van der Waals surface area contributed by atoms with Crippen molar-refractivity contribution in [2.45, 2.75) is 19.3 Å². The molecular weight excluding hydrogens is 210 g/mol. The molecule has 1 aromatic rings. The van der Waals surface area contributed by atoms with E-state index in [9.17, 15) is 0 Å². The molecule has 0 saturated carbocycles. The molecule has 3 nitrogen and oxygen atoms in total. The van der Waals surface area contributed by atoms with E-state index in [0.29, 0.717) is 5.56 Å². The normalized spacial score (nSPS) is 16.4. The molecule has 1 N–H and O–H groups in total. The maximum Gasteiger partial charge on any atom is 0.0992 e. The van der Waals surface area contributed by atoms with Gasteiger partial charge in [-0.25, -0.2) is 0 Å². The second-order valence-corrected chi connectivity index (χ2v) is 4.52. The molecule has 0 amide bonds. The summed E-state index contributed by atoms with van der Waals surface area (Å²) in [5.74, 6) is 0. The van der Waals surface area contributed by atoms with Gasteiger partial charge in [0.15, 0.2) is 0 Å². The first kappa shape index (κ1) is 11.9. The van der Waals surface area contributed by atoms with E-state index < -0.39 is 0 Å². The predicted octanol–water partition coefficient (Wildman–Crippen LogP) is 2.46. The SMILES string of the molecule is N#Cc1cccc(NCCN2CCCCC2)c1. The fourth-order valence-electron chi connectivity index (χ4n) is 2.24. The van der Waals surface area contributed by atoms with Gasteiger partial charge in [-0.05, 0) is 44.1 Å². The zero-order chi connectivity index (χ0) is 11.9. The van der Waals surface area contributed by atoms with E-state index in [2.05, 4.69) is 16.3 Å². The van der Waals surface area contributed by atoms with Crippen molar-refractivity contribution in [1.82, 2.24) is 4.90 Å². The molecule has 1 heterocycles. The van der Waals surface area contributed by atoms with Gasteiger partial charge in [-0.3, -0.25) is 0 Å². The molecule has 0 atom stereocenters. The molecule has 0 bridgehead atoms. The van der Waals surface area contributed by atoms with Crippen LogP contribution in [0.15, 0.2) is 24.3 Å². The molecule has 2 rings (SSSR count). The third kappa shape index (κ3) is 3.76. The lowest BCUT2D eigenvalue weighted by Gasteiger charge is -2.26. The number of rotatable bonds is 4. The molecule has 90 valence electrons. The number of nitrogens with zero attached hydrogens (tertiary/aromatic N) is 2. The molecular formula is C14H19N3. The number of piperidine rings is 1. The summed E-state index contributed by atoms with van der Waals surface area (Å²) < 4.78 is 0. The smallest absolute Gasteiger partial charge is 0.0992 e. The zero-order valence-electron chi connectivity index (χ0n) is 10.2. The summed E-state index contributed by atoms with van der Waals surface area (Å²) in [5, 5.41) is 12.2. The number of likely N-dealkylation sites (tertiary alicyclic amines) is 1. The summed E-state index contributed by atoms with van der Waals surface area (Å²) in [6.45, 7) is 4.52. The van der Waals surface area contributed by atoms with Crippen LogP contribution in [0.25, 0.3) is 0 Å². The monoisotopic (exact) mass is 229 g/mol. The van der Waals surface area contributed by atoms with Crippen LogP contribution in [0.1, 0.15) is 24.8 Å². The van der Waals surface area contributed by atoms with Gasteiger partial charge in [0, 0.05) is 18.8 Å². The average molecular weight is 229 g/mol. The second-order valence-electron chi connectivity index (χ2n) is 4.52. The number of nitrogens with one attached hydrogen (secondary N) is 1. The Morgan fingerprint density at radius 3 is 2.82 bits per heavy atom. The van der Waals surface area contributed by atoms with Crippen molar-refractivity contribution in [3.8, 4) is 6.07 Å². The first-order valence-corrected chi connectivity index (χ1v) is 6.35. The van der Waals surface area contributed by atoms with Crippen LogP contribution < -0.4 is 5.32 Å². The van der Waals surface area contributed by atoms with Crippen molar-refractivity contribution in [2.24, 2.45) is 0 Å². The first-order chi connectivity index (χ1) is 8.38. The number of anilines is 1. The van der Waals surface area contributed by atoms with Crippen molar-refractivity contribution in [3.63, 3.8) is 0 Å². The van der Waals surface area contributed by atoms with Crippen LogP contribution in [0.2, 0.25) is 0 Å². The van der Waals surface area contributed by atoms with Gasteiger partial charge in [-0.2, -0.15) is 5.26 Å². The van der Waals surface area contributed by atoms with Gasteiger partial charge in [-0.1, -0.05) is 12.5 Å². The summed E-state index contributed by atoms with van der Waals surface area (Å²) in [4.78, 5) is 2.50. The topological polar surface area (TPSA) is 39.1 Å². The van der Waals surface area contributed by atoms with Gasteiger partial charge < -0.3 is 10.2 Å². The van der Waals surface area contributed by atoms with Crippen LogP contribution in [0.4, 0.5) is 5.69 Å². The van der Waals surface area contributed by atoms with E-state index in [1.807, 2.05) is 24.3 Å². The lowest BCUT2D eigenvalue weighted by molar-refractivity contribution is 0.237. The van der Waals surface area contributed by atoms with Gasteiger partial charge in [-0.15, -0.1) is 0 Å². The summed E-state index contributed by atoms with van der Waals surface area (Å²) in [5.41, 5.74) is 1.76. The van der Waals surface area contributed by atoms with E-state index in [0.717, 1.165) is 18.8 Å². The number of hydrogen-bond acceptors (Lipinski definition) is 3. The van der Waals surface area contributed by atoms with Gasteiger partial charge in [0.1, 0.15) is 0 Å². The summed E-state index contributed by atoms with van der Waals surface area (Å²) >= 11 is 0. The molecule has 1 aliphatic heterocycles. The Balaban J connectivity index is 1.75. The van der Waals surface area contributed by atoms with Crippen molar-refractivity contribution < 1.29 is 0 Å². The lowest BCUT2D eigenvalue weighted by Crippen LogP contribution is -2.33. The fraction of sp³-hybridized carbons (Fsp3) is 0.500. The molecule has 0 aromatic heterocycles. The van der Waals surface area contributed by atoms with Crippen LogP contribution in [-0.2, 0) is 0 Å². The Hall–Kier alpha value is -1.53. The Morgan fingerprint density at radius 1 is 1.24 bits per heavy atom. The van der Waals surface area contributed by atoms with Crippen molar-refractivity contribution in [2.75, 3.05) is 31.5 Å². The molecule has 0 aliphatic carbocycles. The van der Waals surface area contributed by atoms with Crippen LogP contribution in [0.5, 0.6) is 0 Å². The maximum absolute atomic E-state index is 8.81. The van der Waals surface area contributed by atoms with Crippen molar-refractivity contribution >= 4 is 5.69 Å². The van der Waals surface area contributed by atoms with E-state index in [1.165, 1.54) is 32.4 Å². The van der Waals surface area contributed by atoms with Crippen LogP contribution in [0, 0.1) is 11.3 Å². The minimum atomic E-state index is 0.716. The quantitative estimate of drug-likeness (QED) is 0.862. The van der Waals surface area contributed by atoms with Crippen LogP contribution in [0.3, 0.4) is 0 Å². The third-order valence-electron chi connectivity index (χ3n) is 3.20. The standard InChI is InChI=1S/C14H19N3/c15-12-13-5-4-6-14(11-13)16-7-10-17-8-2-1-3-9-17/h4-6,11,16H,1-3,7-10H2. The van der Waals surface area contributed by atoms with Crippen molar-refractivity contribution in [3.05, 3.63) is 29.8 Å². The zero-order valence-corrected chi connectivity index (χ0v) is 10.2. The molecule has 1 fully saturated rings. The van der Waals surface area contributed by atoms with Gasteiger partial charge in [0.05, 0.1) is 11.6 Å². The Labute approximate surface area is 103 Å². The molecule has 1 saturated heterocycles. The fourth-order valence-corrected chi connectivity index (χ4v) is 2.24. The summed E-state index contributed by atoms with van der Waals surface area (Å²) in [6, 6.07) is 9.81. The molecule has 17 heavy (non-hydrogen) atoms. The largest absolute Gasteiger partial charge is 0.384 e. The van der Waals surface area contributed by atoms with E-state index in [4.69, 9.17) is 5.26 Å². The minimum absolute atomic E-state index is 0.716. The predicted molar refractivity (Wildman–Crippen MR) is 69.9 cm³/mol. The van der Waals surface area contributed by atoms with Gasteiger partial charge >= 0.3 is 0 Å².